The molecule has 0 spiro atoms. The fourth-order valence-electron chi connectivity index (χ4n) is 15.7. The molecule has 16 aromatic rings. The lowest BCUT2D eigenvalue weighted by atomic mass is 10.1. The van der Waals surface area contributed by atoms with Crippen LogP contribution >= 0.6 is 13.5 Å². The molecule has 8 aromatic carbocycles. The summed E-state index contributed by atoms with van der Waals surface area (Å²) in [5.74, 6) is 6.41. The van der Waals surface area contributed by atoms with Gasteiger partial charge in [-0.1, -0.05) is 0 Å². The van der Waals surface area contributed by atoms with E-state index in [2.05, 4.69) is 117 Å². The molecule has 2 atom stereocenters. The number of hydrogen-bond donors (Lipinski definition) is 4. The van der Waals surface area contributed by atoms with Gasteiger partial charge in [0, 0.05) is 225 Å². The predicted molar refractivity (Wildman–Crippen MR) is 536 cm³/mol. The standard InChI is InChI=1S/C26H30N6O4S.C25H29N7O3.C25H28N6O2.C23H23N5O3.H2S/c1-35-22-10-21(11-23(13-22)36-2)32(16-18-4-5-18)20-6-7-24-25(12-20)30-26(15-27-24)19-14-28-31(17-19)9-8-29-37(3,33)34;1-26-7-8-32(19-9-20(34-3)12-21(10-19)35-4)18-5-6-22-23(11-18)30-24(14-28-22)17-13-29-31(15-17)16-25(33)27-2;1-30-15-17(13-28-30)25-14-27-23-7-6-19(11-24(23)29-25)31(16-18-5-4-8-26-18)20-9-21(32-2)12-22(10-20)33-3;1-27-12-15(10-25-27)23-11-24-21-5-4-16(8-22(21)26-23)28(13-20-14-31-20)17-6-18(29-2)9-19(7-17)30-3;/h6-7,10-15,17-18,29H,4-5,8-9,16H2,1-3H3;5-6,9-15,26H,7-8,16H2,1-4H3,(H,27,33);6-7,9-15,18,26H,4-5,8,16H2,1-3H3;4-12,20H,13-14H2,1-3H3;1H2/t;;18-;;/m..0../s1. The number of ether oxygens (including phenoxy) is 9. The van der Waals surface area contributed by atoms with E-state index in [1.165, 1.54) is 19.3 Å². The van der Waals surface area contributed by atoms with E-state index in [0.717, 1.165) is 216 Å². The topological polar surface area (TPSA) is 373 Å². The van der Waals surface area contributed by atoms with Crippen LogP contribution < -0.4 is 78.2 Å². The van der Waals surface area contributed by atoms with Crippen molar-refractivity contribution in [3.05, 3.63) is 220 Å². The van der Waals surface area contributed by atoms with Gasteiger partial charge in [-0.05, 0) is 118 Å². The Bertz CT molecular complexity index is 6900. The summed E-state index contributed by atoms with van der Waals surface area (Å²) in [6.45, 7) is 6.57. The number of anilines is 8. The molecule has 2 saturated heterocycles. The first-order valence-corrected chi connectivity index (χ1v) is 46.3. The van der Waals surface area contributed by atoms with Crippen molar-refractivity contribution in [2.24, 2.45) is 20.0 Å². The number of fused-ring (bicyclic) bond motifs is 4. The number of amides is 1. The first kappa shape index (κ1) is 96.7. The number of methoxy groups -OCH3 is 8. The number of epoxide rings is 1. The van der Waals surface area contributed by atoms with Crippen LogP contribution in [0.3, 0.4) is 0 Å². The van der Waals surface area contributed by atoms with Gasteiger partial charge in [0.2, 0.25) is 15.9 Å². The number of aryl methyl sites for hydroxylation is 2. The summed E-state index contributed by atoms with van der Waals surface area (Å²) >= 11 is 0. The van der Waals surface area contributed by atoms with E-state index in [4.69, 9.17) is 62.6 Å². The second kappa shape index (κ2) is 44.6. The van der Waals surface area contributed by atoms with E-state index in [0.29, 0.717) is 41.4 Å². The van der Waals surface area contributed by atoms with E-state index < -0.39 is 10.0 Å². The number of benzene rings is 8. The molecular formula is C99H112N24O12S2. The number of rotatable bonds is 35. The molecule has 1 unspecified atom stereocenters. The molecule has 137 heavy (non-hydrogen) atoms. The molecule has 1 aliphatic carbocycles. The Kier molecular flexibility index (Phi) is 31.5. The molecular weight excluding hydrogens is 1780 g/mol. The number of nitrogens with zero attached hydrogens (tertiary/aromatic N) is 20. The second-order valence-electron chi connectivity index (χ2n) is 32.8. The molecule has 36 nitrogen and oxygen atoms in total. The van der Waals surface area contributed by atoms with Crippen LogP contribution in [-0.2, 0) is 46.7 Å². The highest BCUT2D eigenvalue weighted by Gasteiger charge is 2.30. The van der Waals surface area contributed by atoms with Crippen LogP contribution in [0.1, 0.15) is 25.7 Å². The summed E-state index contributed by atoms with van der Waals surface area (Å²) in [5, 5.41) is 26.5. The molecule has 2 aliphatic heterocycles. The summed E-state index contributed by atoms with van der Waals surface area (Å²) in [6, 6.07) is 48.4. The quantitative estimate of drug-likeness (QED) is 0.0268. The van der Waals surface area contributed by atoms with Crippen molar-refractivity contribution in [2.75, 3.05) is 149 Å². The monoisotopic (exact) mass is 1890 g/mol. The lowest BCUT2D eigenvalue weighted by molar-refractivity contribution is -0.121. The van der Waals surface area contributed by atoms with Crippen LogP contribution in [0.2, 0.25) is 0 Å². The minimum Gasteiger partial charge on any atom is -0.497 e. The van der Waals surface area contributed by atoms with E-state index >= 15 is 0 Å². The maximum absolute atomic E-state index is 11.7. The van der Waals surface area contributed by atoms with Crippen molar-refractivity contribution in [3.8, 4) is 91.0 Å². The molecule has 38 heteroatoms. The molecule has 1 amide bonds. The normalized spacial score (nSPS) is 13.6. The van der Waals surface area contributed by atoms with Crippen LogP contribution in [0.25, 0.3) is 89.2 Å². The van der Waals surface area contributed by atoms with E-state index in [1.807, 2.05) is 149 Å². The first-order chi connectivity index (χ1) is 66.1. The maximum Gasteiger partial charge on any atom is 0.241 e. The van der Waals surface area contributed by atoms with Gasteiger partial charge in [-0.3, -0.25) is 43.5 Å². The Balaban J connectivity index is 0.000000139. The van der Waals surface area contributed by atoms with Crippen LogP contribution in [0, 0.1) is 5.92 Å². The second-order valence-corrected chi connectivity index (χ2v) is 34.7. The van der Waals surface area contributed by atoms with E-state index in [1.54, 1.807) is 138 Å². The highest BCUT2D eigenvalue weighted by Crippen LogP contribution is 2.43. The lowest BCUT2D eigenvalue weighted by Crippen LogP contribution is -2.35. The van der Waals surface area contributed by atoms with Crippen molar-refractivity contribution in [3.63, 3.8) is 0 Å². The average Bonchev–Trinajstić information content (AvgIpc) is 1.23. The zero-order chi connectivity index (χ0) is 94.9. The van der Waals surface area contributed by atoms with Gasteiger partial charge in [-0.25, -0.2) is 33.1 Å². The van der Waals surface area contributed by atoms with Crippen LogP contribution in [0.4, 0.5) is 45.5 Å². The summed E-state index contributed by atoms with van der Waals surface area (Å²) in [4.78, 5) is 58.4. The van der Waals surface area contributed by atoms with Gasteiger partial charge in [0.25, 0.3) is 0 Å². The zero-order valence-corrected chi connectivity index (χ0v) is 80.5. The van der Waals surface area contributed by atoms with Crippen molar-refractivity contribution in [1.82, 2.24) is 99.7 Å². The Morgan fingerprint density at radius 1 is 0.423 bits per heavy atom. The maximum atomic E-state index is 11.7. The minimum atomic E-state index is -3.24. The third-order valence-corrected chi connectivity index (χ3v) is 23.9. The number of aromatic nitrogens is 16. The molecule has 0 radical (unpaired) electrons. The summed E-state index contributed by atoms with van der Waals surface area (Å²) in [6.07, 6.45) is 27.6. The Morgan fingerprint density at radius 2 is 0.774 bits per heavy atom. The van der Waals surface area contributed by atoms with Gasteiger partial charge >= 0.3 is 0 Å². The fraction of sp³-hybridized carbons (Fsp3) is 0.303. The van der Waals surface area contributed by atoms with Gasteiger partial charge in [0.15, 0.2) is 0 Å². The Labute approximate surface area is 801 Å². The first-order valence-electron chi connectivity index (χ1n) is 44.4. The van der Waals surface area contributed by atoms with Crippen molar-refractivity contribution >= 4 is 119 Å². The highest BCUT2D eigenvalue weighted by atomic mass is 32.2. The SMILES string of the molecule is CNCCN(c1cc(OC)cc(OC)c1)c1ccc2ncc(-c3cnn(CC(=O)NC)c3)nc2c1.COc1cc(OC)cc(N(CC2CC2)c2ccc3ncc(-c4cnn(CCNS(C)(=O)=O)c4)nc3c2)c1.COc1cc(OC)cc(N(CC2CO2)c2ccc3ncc(-c4cnn(C)c4)nc3c2)c1.COc1cc(OC)cc(N(C[C@@H]2CCCN2)c2ccc3ncc(-c4cnn(C)c4)nc3c2)c1.S. The molecule has 19 rings (SSSR count). The average molecular weight is 1890 g/mol. The number of carbonyl (C=O) groups excluding carboxylic acids is 1. The predicted octanol–water partition coefficient (Wildman–Crippen LogP) is 13.9. The molecule has 0 bridgehead atoms. The Morgan fingerprint density at radius 3 is 1.11 bits per heavy atom. The number of hydrogen-bond acceptors (Lipinski definition) is 30. The molecule has 3 fully saturated rings. The summed E-state index contributed by atoms with van der Waals surface area (Å²) in [7, 11) is 17.3. The number of sulfonamides is 1. The number of nitrogens with one attached hydrogen (secondary N) is 4. The third kappa shape index (κ3) is 24.8. The van der Waals surface area contributed by atoms with Crippen molar-refractivity contribution in [1.29, 1.82) is 0 Å². The zero-order valence-electron chi connectivity index (χ0n) is 78.7. The Hall–Kier alpha value is -14.8. The lowest BCUT2D eigenvalue weighted by Gasteiger charge is -2.29. The summed E-state index contributed by atoms with van der Waals surface area (Å²) < 4.78 is 81.4. The highest BCUT2D eigenvalue weighted by molar-refractivity contribution is 7.88. The van der Waals surface area contributed by atoms with Crippen LogP contribution in [-0.4, -0.2) is 235 Å². The van der Waals surface area contributed by atoms with E-state index in [9.17, 15) is 13.2 Å². The van der Waals surface area contributed by atoms with Crippen LogP contribution in [0.5, 0.6) is 46.0 Å². The van der Waals surface area contributed by atoms with Gasteiger partial charge in [-0.15, -0.1) is 0 Å². The molecule has 8 aromatic heterocycles. The fourth-order valence-corrected chi connectivity index (χ4v) is 16.1. The number of likely N-dealkylation sites (N-methyl/N-ethyl adjacent to an activating group) is 2. The number of carbonyl (C=O) groups is 1. The van der Waals surface area contributed by atoms with Gasteiger partial charge in [-0.2, -0.15) is 33.9 Å². The molecule has 4 N–H and O–H groups in total. The third-order valence-electron chi connectivity index (χ3n) is 23.2. The smallest absolute Gasteiger partial charge is 0.241 e. The summed E-state index contributed by atoms with van der Waals surface area (Å²) in [5.41, 5.74) is 20.8. The van der Waals surface area contributed by atoms with Gasteiger partial charge in [0.05, 0.1) is 205 Å². The van der Waals surface area contributed by atoms with Gasteiger partial charge in [0.1, 0.15) is 52.5 Å². The molecule has 10 heterocycles. The van der Waals surface area contributed by atoms with Crippen LogP contribution in [0.15, 0.2) is 220 Å². The van der Waals surface area contributed by atoms with Crippen molar-refractivity contribution in [2.45, 2.75) is 50.9 Å². The molecule has 3 aliphatic rings. The molecule has 1 saturated carbocycles. The minimum absolute atomic E-state index is 0. The largest absolute Gasteiger partial charge is 0.497 e. The van der Waals surface area contributed by atoms with Gasteiger partial charge < -0.3 is 78.2 Å². The van der Waals surface area contributed by atoms with Crippen molar-refractivity contribution < 1.29 is 55.8 Å². The van der Waals surface area contributed by atoms with E-state index in [-0.39, 0.29) is 38.6 Å². The molecule has 712 valence electrons.